The first-order valence-corrected chi connectivity index (χ1v) is 4.00. The Morgan fingerprint density at radius 1 is 1.70 bits per heavy atom. The molecule has 10 heavy (non-hydrogen) atoms. The molecule has 0 aliphatic carbocycles. The Hall–Kier alpha value is -0.110. The summed E-state index contributed by atoms with van der Waals surface area (Å²) in [6, 6.07) is 2.01. The summed E-state index contributed by atoms with van der Waals surface area (Å²) in [5, 5.41) is 8.31. The molecule has 0 aromatic heterocycles. The lowest BCUT2D eigenvalue weighted by Gasteiger charge is -2.07. The average molecular weight is 207 g/mol. The van der Waals surface area contributed by atoms with Crippen LogP contribution in [0.15, 0.2) is 0 Å². The van der Waals surface area contributed by atoms with Gasteiger partial charge in [0.15, 0.2) is 0 Å². The van der Waals surface area contributed by atoms with Crippen LogP contribution in [0.3, 0.4) is 0 Å². The Labute approximate surface area is 69.4 Å². The number of hydrogen-bond donors (Lipinski definition) is 1. The van der Waals surface area contributed by atoms with Crippen LogP contribution in [0.1, 0.15) is 13.8 Å². The first kappa shape index (κ1) is 9.89. The minimum Gasteiger partial charge on any atom is -0.299 e. The van der Waals surface area contributed by atoms with Gasteiger partial charge in [0.1, 0.15) is 4.83 Å². The monoisotopic (exact) mass is 206 g/mol. The summed E-state index contributed by atoms with van der Waals surface area (Å²) in [6.45, 7) is 4.35. The van der Waals surface area contributed by atoms with Gasteiger partial charge in [-0.25, -0.2) is 5.48 Å². The van der Waals surface area contributed by atoms with Crippen molar-refractivity contribution in [3.63, 3.8) is 0 Å². The number of hydrogen-bond acceptors (Lipinski definition) is 3. The number of nitriles is 1. The van der Waals surface area contributed by atoms with Gasteiger partial charge in [-0.05, 0) is 13.8 Å². The van der Waals surface area contributed by atoms with E-state index in [1.807, 2.05) is 19.9 Å². The quantitative estimate of drug-likeness (QED) is 0.556. The number of alkyl halides is 1. The van der Waals surface area contributed by atoms with E-state index in [-0.39, 0.29) is 10.9 Å². The number of nitrogens with one attached hydrogen (secondary N) is 1. The molecule has 1 unspecified atom stereocenters. The molecule has 1 atom stereocenters. The fraction of sp³-hybridized carbons (Fsp3) is 0.833. The maximum atomic E-state index is 8.31. The molecule has 0 rings (SSSR count). The third kappa shape index (κ3) is 6.02. The summed E-state index contributed by atoms with van der Waals surface area (Å²) in [6.07, 6.45) is 0.151. The van der Waals surface area contributed by atoms with Crippen LogP contribution in [-0.4, -0.2) is 17.5 Å². The van der Waals surface area contributed by atoms with Crippen molar-refractivity contribution in [2.75, 3.05) is 6.54 Å². The van der Waals surface area contributed by atoms with Crippen molar-refractivity contribution in [3.05, 3.63) is 0 Å². The van der Waals surface area contributed by atoms with Crippen LogP contribution >= 0.6 is 15.9 Å². The molecule has 0 heterocycles. The molecular weight excluding hydrogens is 196 g/mol. The molecule has 58 valence electrons. The molecule has 1 N–H and O–H groups in total. The molecule has 0 amide bonds. The minimum atomic E-state index is -0.175. The van der Waals surface area contributed by atoms with Gasteiger partial charge in [0, 0.05) is 6.54 Å². The predicted octanol–water partition coefficient (Wildman–Crippen LogP) is 1.20. The zero-order valence-electron chi connectivity index (χ0n) is 6.10. The van der Waals surface area contributed by atoms with E-state index in [1.165, 1.54) is 0 Å². The van der Waals surface area contributed by atoms with Crippen molar-refractivity contribution >= 4 is 15.9 Å². The molecule has 0 aliphatic rings. The SMILES string of the molecule is CC(C)ONCC(Br)C#N. The second kappa shape index (κ2) is 5.66. The fourth-order valence-electron chi connectivity index (χ4n) is 0.334. The van der Waals surface area contributed by atoms with Gasteiger partial charge in [-0.1, -0.05) is 15.9 Å². The maximum absolute atomic E-state index is 8.31. The molecule has 4 heteroatoms. The number of halogens is 1. The van der Waals surface area contributed by atoms with Gasteiger partial charge < -0.3 is 0 Å². The van der Waals surface area contributed by atoms with E-state index in [9.17, 15) is 0 Å². The van der Waals surface area contributed by atoms with Crippen LogP contribution in [0, 0.1) is 11.3 Å². The molecule has 0 bridgehead atoms. The molecule has 0 aliphatic heterocycles. The van der Waals surface area contributed by atoms with Gasteiger partial charge in [-0.3, -0.25) is 4.84 Å². The highest BCUT2D eigenvalue weighted by molar-refractivity contribution is 9.09. The van der Waals surface area contributed by atoms with E-state index >= 15 is 0 Å². The summed E-state index contributed by atoms with van der Waals surface area (Å²) in [7, 11) is 0. The van der Waals surface area contributed by atoms with Crippen LogP contribution in [0.25, 0.3) is 0 Å². The zero-order chi connectivity index (χ0) is 7.98. The van der Waals surface area contributed by atoms with Crippen LogP contribution in [0.5, 0.6) is 0 Å². The van der Waals surface area contributed by atoms with Crippen molar-refractivity contribution in [1.82, 2.24) is 5.48 Å². The lowest BCUT2D eigenvalue weighted by Crippen LogP contribution is -2.25. The molecule has 3 nitrogen and oxygen atoms in total. The molecule has 0 saturated heterocycles. The smallest absolute Gasteiger partial charge is 0.116 e. The number of nitrogens with zero attached hydrogens (tertiary/aromatic N) is 1. The Morgan fingerprint density at radius 3 is 2.70 bits per heavy atom. The zero-order valence-corrected chi connectivity index (χ0v) is 7.68. The van der Waals surface area contributed by atoms with Crippen LogP contribution in [-0.2, 0) is 4.84 Å². The van der Waals surface area contributed by atoms with Crippen molar-refractivity contribution in [3.8, 4) is 6.07 Å². The molecular formula is C6H11BrN2O. The van der Waals surface area contributed by atoms with Gasteiger partial charge in [0.05, 0.1) is 12.2 Å². The third-order valence-corrected chi connectivity index (χ3v) is 1.25. The van der Waals surface area contributed by atoms with Crippen LogP contribution in [0.4, 0.5) is 0 Å². The van der Waals surface area contributed by atoms with Crippen molar-refractivity contribution in [2.24, 2.45) is 0 Å². The summed E-state index contributed by atoms with van der Waals surface area (Å²) in [4.78, 5) is 4.81. The molecule has 0 spiro atoms. The number of hydroxylamine groups is 1. The standard InChI is InChI=1S/C6H11BrN2O/c1-5(2)10-9-4-6(7)3-8/h5-6,9H,4H2,1-2H3. The van der Waals surface area contributed by atoms with Crippen LogP contribution < -0.4 is 5.48 Å². The minimum absolute atomic E-state index is 0.151. The van der Waals surface area contributed by atoms with Gasteiger partial charge in [-0.2, -0.15) is 5.26 Å². The third-order valence-electron chi connectivity index (χ3n) is 0.722. The van der Waals surface area contributed by atoms with Gasteiger partial charge in [0.2, 0.25) is 0 Å². The largest absolute Gasteiger partial charge is 0.299 e. The first-order valence-electron chi connectivity index (χ1n) is 3.09. The topological polar surface area (TPSA) is 45.0 Å². The summed E-state index contributed by atoms with van der Waals surface area (Å²) in [5.74, 6) is 0. The highest BCUT2D eigenvalue weighted by atomic mass is 79.9. The Morgan fingerprint density at radius 2 is 2.30 bits per heavy atom. The van der Waals surface area contributed by atoms with Crippen molar-refractivity contribution < 1.29 is 4.84 Å². The van der Waals surface area contributed by atoms with Crippen molar-refractivity contribution in [2.45, 2.75) is 24.8 Å². The predicted molar refractivity (Wildman–Crippen MR) is 42.6 cm³/mol. The van der Waals surface area contributed by atoms with E-state index in [0.717, 1.165) is 0 Å². The maximum Gasteiger partial charge on any atom is 0.116 e. The Bertz CT molecular complexity index is 121. The average Bonchev–Trinajstić information content (AvgIpc) is 1.87. The molecule has 0 saturated carbocycles. The Kier molecular flexibility index (Phi) is 5.60. The van der Waals surface area contributed by atoms with Gasteiger partial charge >= 0.3 is 0 Å². The molecule has 0 fully saturated rings. The van der Waals surface area contributed by atoms with E-state index < -0.39 is 0 Å². The Balaban J connectivity index is 3.13. The second-order valence-electron chi connectivity index (χ2n) is 2.11. The summed E-state index contributed by atoms with van der Waals surface area (Å²) >= 11 is 3.12. The van der Waals surface area contributed by atoms with Gasteiger partial charge in [0.25, 0.3) is 0 Å². The highest BCUT2D eigenvalue weighted by Crippen LogP contribution is 1.94. The van der Waals surface area contributed by atoms with E-state index in [2.05, 4.69) is 21.4 Å². The van der Waals surface area contributed by atoms with Crippen molar-refractivity contribution in [1.29, 1.82) is 5.26 Å². The van der Waals surface area contributed by atoms with Crippen LogP contribution in [0.2, 0.25) is 0 Å². The summed E-state index contributed by atoms with van der Waals surface area (Å²) in [5.41, 5.74) is 2.67. The second-order valence-corrected chi connectivity index (χ2v) is 3.22. The van der Waals surface area contributed by atoms with Gasteiger partial charge in [-0.15, -0.1) is 0 Å². The fourth-order valence-corrected chi connectivity index (χ4v) is 0.466. The molecule has 0 aromatic carbocycles. The first-order chi connectivity index (χ1) is 4.66. The molecule has 0 aromatic rings. The van der Waals surface area contributed by atoms with E-state index in [0.29, 0.717) is 6.54 Å². The lowest BCUT2D eigenvalue weighted by molar-refractivity contribution is -0.00274. The van der Waals surface area contributed by atoms with E-state index in [4.69, 9.17) is 10.1 Å². The van der Waals surface area contributed by atoms with E-state index in [1.54, 1.807) is 0 Å². The normalized spacial score (nSPS) is 13.1. The number of rotatable bonds is 4. The molecule has 0 radical (unpaired) electrons. The lowest BCUT2D eigenvalue weighted by atomic mass is 10.5. The highest BCUT2D eigenvalue weighted by Gasteiger charge is 2.00. The summed E-state index contributed by atoms with van der Waals surface area (Å²) < 4.78 is 0.